The molecule has 0 aliphatic carbocycles. The Kier molecular flexibility index (Phi) is 5.91. The van der Waals surface area contributed by atoms with Crippen LogP contribution in [0.1, 0.15) is 31.7 Å². The van der Waals surface area contributed by atoms with Gasteiger partial charge in [0.2, 0.25) is 0 Å². The average Bonchev–Trinajstić information content (AvgIpc) is 3.31. The molecule has 24 heavy (non-hydrogen) atoms. The molecule has 6 heteroatoms. The SMILES string of the molecule is CCN(C[C@@H]1CCOC1)C(=O)NCc1ccc(N2CCCC2)nc1. The first-order valence-electron chi connectivity index (χ1n) is 9.06. The second-order valence-electron chi connectivity index (χ2n) is 6.65. The van der Waals surface area contributed by atoms with E-state index in [1.54, 1.807) is 0 Å². The molecule has 2 fully saturated rings. The van der Waals surface area contributed by atoms with Gasteiger partial charge in [-0.15, -0.1) is 0 Å². The normalized spacial score (nSPS) is 20.4. The highest BCUT2D eigenvalue weighted by Crippen LogP contribution is 2.17. The first kappa shape index (κ1) is 17.0. The van der Waals surface area contributed by atoms with Crippen molar-refractivity contribution in [3.63, 3.8) is 0 Å². The quantitative estimate of drug-likeness (QED) is 0.868. The molecule has 6 nitrogen and oxygen atoms in total. The number of anilines is 1. The zero-order valence-corrected chi connectivity index (χ0v) is 14.5. The maximum Gasteiger partial charge on any atom is 0.317 e. The van der Waals surface area contributed by atoms with Crippen LogP contribution in [-0.4, -0.2) is 55.3 Å². The van der Waals surface area contributed by atoms with Gasteiger partial charge in [0.05, 0.1) is 6.61 Å². The lowest BCUT2D eigenvalue weighted by Gasteiger charge is -2.24. The minimum atomic E-state index is -0.00646. The lowest BCUT2D eigenvalue weighted by Crippen LogP contribution is -2.42. The molecule has 132 valence electrons. The number of aromatic nitrogens is 1. The number of ether oxygens (including phenoxy) is 1. The van der Waals surface area contributed by atoms with Gasteiger partial charge in [-0.2, -0.15) is 0 Å². The summed E-state index contributed by atoms with van der Waals surface area (Å²) in [6, 6.07) is 4.11. The van der Waals surface area contributed by atoms with E-state index in [9.17, 15) is 4.79 Å². The number of rotatable bonds is 6. The highest BCUT2D eigenvalue weighted by molar-refractivity contribution is 5.74. The third-order valence-electron chi connectivity index (χ3n) is 4.85. The highest BCUT2D eigenvalue weighted by Gasteiger charge is 2.21. The zero-order chi connectivity index (χ0) is 16.8. The number of nitrogens with one attached hydrogen (secondary N) is 1. The zero-order valence-electron chi connectivity index (χ0n) is 14.5. The molecular weight excluding hydrogens is 304 g/mol. The molecule has 0 aromatic carbocycles. The van der Waals surface area contributed by atoms with Gasteiger partial charge >= 0.3 is 6.03 Å². The second-order valence-corrected chi connectivity index (χ2v) is 6.65. The number of pyridine rings is 1. The van der Waals surface area contributed by atoms with Crippen molar-refractivity contribution in [1.29, 1.82) is 0 Å². The van der Waals surface area contributed by atoms with Gasteiger partial charge in [-0.3, -0.25) is 0 Å². The van der Waals surface area contributed by atoms with Gasteiger partial charge in [0, 0.05) is 51.4 Å². The minimum absolute atomic E-state index is 0.00646. The van der Waals surface area contributed by atoms with Gasteiger partial charge in [0.25, 0.3) is 0 Å². The number of carbonyl (C=O) groups excluding carboxylic acids is 1. The molecule has 2 aliphatic rings. The minimum Gasteiger partial charge on any atom is -0.381 e. The first-order valence-corrected chi connectivity index (χ1v) is 9.06. The lowest BCUT2D eigenvalue weighted by molar-refractivity contribution is 0.166. The van der Waals surface area contributed by atoms with E-state index in [1.165, 1.54) is 12.8 Å². The van der Waals surface area contributed by atoms with Gasteiger partial charge in [-0.05, 0) is 37.8 Å². The third kappa shape index (κ3) is 4.38. The van der Waals surface area contributed by atoms with Crippen molar-refractivity contribution in [1.82, 2.24) is 15.2 Å². The number of hydrogen-bond donors (Lipinski definition) is 1. The predicted octanol–water partition coefficient (Wildman–Crippen LogP) is 2.25. The summed E-state index contributed by atoms with van der Waals surface area (Å²) in [4.78, 5) is 21.1. The van der Waals surface area contributed by atoms with Crippen LogP contribution in [0.3, 0.4) is 0 Å². The molecule has 1 N–H and O–H groups in total. The maximum absolute atomic E-state index is 12.4. The number of carbonyl (C=O) groups is 1. The van der Waals surface area contributed by atoms with Crippen LogP contribution >= 0.6 is 0 Å². The summed E-state index contributed by atoms with van der Waals surface area (Å²) in [5, 5.41) is 3.01. The van der Waals surface area contributed by atoms with E-state index in [1.807, 2.05) is 18.0 Å². The van der Waals surface area contributed by atoms with E-state index in [2.05, 4.69) is 27.3 Å². The van der Waals surface area contributed by atoms with E-state index in [0.29, 0.717) is 19.0 Å². The van der Waals surface area contributed by atoms with Crippen LogP contribution in [0.4, 0.5) is 10.6 Å². The largest absolute Gasteiger partial charge is 0.381 e. The monoisotopic (exact) mass is 332 g/mol. The van der Waals surface area contributed by atoms with Crippen molar-refractivity contribution >= 4 is 11.8 Å². The van der Waals surface area contributed by atoms with Crippen molar-refractivity contribution < 1.29 is 9.53 Å². The summed E-state index contributed by atoms with van der Waals surface area (Å²) in [5.74, 6) is 1.51. The molecule has 3 heterocycles. The Bertz CT molecular complexity index is 522. The molecule has 0 saturated carbocycles. The molecule has 1 atom stereocenters. The van der Waals surface area contributed by atoms with Crippen LogP contribution in [0.15, 0.2) is 18.3 Å². The molecule has 0 radical (unpaired) electrons. The van der Waals surface area contributed by atoms with E-state index < -0.39 is 0 Å². The average molecular weight is 332 g/mol. The molecule has 1 aromatic heterocycles. The summed E-state index contributed by atoms with van der Waals surface area (Å²) < 4.78 is 5.39. The number of urea groups is 1. The number of hydrogen-bond acceptors (Lipinski definition) is 4. The smallest absolute Gasteiger partial charge is 0.317 e. The molecule has 1 aromatic rings. The van der Waals surface area contributed by atoms with Gasteiger partial charge in [-0.1, -0.05) is 6.07 Å². The summed E-state index contributed by atoms with van der Waals surface area (Å²) in [6.07, 6.45) is 5.41. The Morgan fingerprint density at radius 2 is 2.25 bits per heavy atom. The fourth-order valence-electron chi connectivity index (χ4n) is 3.34. The standard InChI is InChI=1S/C18H28N4O2/c1-2-21(13-16-7-10-24-14-16)18(23)20-12-15-5-6-17(19-11-15)22-8-3-4-9-22/h5-6,11,16H,2-4,7-10,12-14H2,1H3,(H,20,23)/t16-/m0/s1. The Hall–Kier alpha value is -1.82. The van der Waals surface area contributed by atoms with Gasteiger partial charge in [0.1, 0.15) is 5.82 Å². The van der Waals surface area contributed by atoms with E-state index in [4.69, 9.17) is 4.74 Å². The molecular formula is C18H28N4O2. The van der Waals surface area contributed by atoms with Crippen molar-refractivity contribution in [2.75, 3.05) is 44.3 Å². The van der Waals surface area contributed by atoms with Gasteiger partial charge < -0.3 is 19.9 Å². The Morgan fingerprint density at radius 3 is 2.88 bits per heavy atom. The molecule has 2 saturated heterocycles. The molecule has 2 aliphatic heterocycles. The van der Waals surface area contributed by atoms with Crippen LogP contribution in [0, 0.1) is 5.92 Å². The van der Waals surface area contributed by atoms with Crippen LogP contribution in [0.25, 0.3) is 0 Å². The van der Waals surface area contributed by atoms with Crippen molar-refractivity contribution in [3.05, 3.63) is 23.9 Å². The molecule has 0 spiro atoms. The van der Waals surface area contributed by atoms with E-state index >= 15 is 0 Å². The van der Waals surface area contributed by atoms with Crippen molar-refractivity contribution in [2.24, 2.45) is 5.92 Å². The second kappa shape index (κ2) is 8.33. The van der Waals surface area contributed by atoms with Crippen molar-refractivity contribution in [3.8, 4) is 0 Å². The van der Waals surface area contributed by atoms with E-state index in [-0.39, 0.29) is 6.03 Å². The molecule has 0 bridgehead atoms. The van der Waals surface area contributed by atoms with Gasteiger partial charge in [0.15, 0.2) is 0 Å². The first-order chi connectivity index (χ1) is 11.8. The van der Waals surface area contributed by atoms with Crippen LogP contribution in [0.2, 0.25) is 0 Å². The predicted molar refractivity (Wildman–Crippen MR) is 94.1 cm³/mol. The summed E-state index contributed by atoms with van der Waals surface area (Å²) in [5.41, 5.74) is 1.03. The maximum atomic E-state index is 12.4. The van der Waals surface area contributed by atoms with Gasteiger partial charge in [-0.25, -0.2) is 9.78 Å². The number of amides is 2. The third-order valence-corrected chi connectivity index (χ3v) is 4.85. The topological polar surface area (TPSA) is 57.7 Å². The highest BCUT2D eigenvalue weighted by atomic mass is 16.5. The number of nitrogens with zero attached hydrogens (tertiary/aromatic N) is 3. The fourth-order valence-corrected chi connectivity index (χ4v) is 3.34. The summed E-state index contributed by atoms with van der Waals surface area (Å²) in [6.45, 7) is 7.80. The van der Waals surface area contributed by atoms with Crippen LogP contribution in [0.5, 0.6) is 0 Å². The Balaban J connectivity index is 1.47. The summed E-state index contributed by atoms with van der Waals surface area (Å²) in [7, 11) is 0. The van der Waals surface area contributed by atoms with Crippen LogP contribution < -0.4 is 10.2 Å². The molecule has 0 unspecified atom stereocenters. The summed E-state index contributed by atoms with van der Waals surface area (Å²) >= 11 is 0. The van der Waals surface area contributed by atoms with Crippen molar-refractivity contribution in [2.45, 2.75) is 32.7 Å². The molecule has 2 amide bonds. The Morgan fingerprint density at radius 1 is 1.42 bits per heavy atom. The fraction of sp³-hybridized carbons (Fsp3) is 0.667. The van der Waals surface area contributed by atoms with E-state index in [0.717, 1.165) is 50.7 Å². The van der Waals surface area contributed by atoms with Crippen LogP contribution in [-0.2, 0) is 11.3 Å². The lowest BCUT2D eigenvalue weighted by atomic mass is 10.1. The molecule has 3 rings (SSSR count). The Labute approximate surface area is 144 Å².